The summed E-state index contributed by atoms with van der Waals surface area (Å²) in [5, 5.41) is 23.0. The van der Waals surface area contributed by atoms with Gasteiger partial charge >= 0.3 is 12.0 Å². The summed E-state index contributed by atoms with van der Waals surface area (Å²) in [6.45, 7) is 5.17. The van der Waals surface area contributed by atoms with E-state index in [1.54, 1.807) is 0 Å². The molecule has 0 spiro atoms. The topological polar surface area (TPSA) is 108 Å². The van der Waals surface area contributed by atoms with Gasteiger partial charge in [0, 0.05) is 19.8 Å². The first-order chi connectivity index (χ1) is 8.84. The molecule has 0 aromatic heterocycles. The molecule has 1 aliphatic heterocycles. The standard InChI is InChI=1S/C12H22N2O5/c1-8(15)9(10(16)17)14-11(18)13-7-12(2)3-5-19-6-4-12/h8-9,15H,3-7H2,1-2H3,(H,16,17)(H2,13,14,18)/t8-,9+/m1/s1. The number of hydrogen-bond donors (Lipinski definition) is 4. The van der Waals surface area contributed by atoms with Crippen LogP contribution in [0.15, 0.2) is 0 Å². The zero-order chi connectivity index (χ0) is 14.5. The number of carboxylic acids is 1. The van der Waals surface area contributed by atoms with Gasteiger partial charge < -0.3 is 25.6 Å². The van der Waals surface area contributed by atoms with E-state index in [1.165, 1.54) is 6.92 Å². The van der Waals surface area contributed by atoms with Crippen molar-refractivity contribution >= 4 is 12.0 Å². The van der Waals surface area contributed by atoms with E-state index in [0.717, 1.165) is 12.8 Å². The summed E-state index contributed by atoms with van der Waals surface area (Å²) >= 11 is 0. The fraction of sp³-hybridized carbons (Fsp3) is 0.833. The van der Waals surface area contributed by atoms with Gasteiger partial charge in [-0.25, -0.2) is 9.59 Å². The fourth-order valence-electron chi connectivity index (χ4n) is 1.92. The molecule has 0 radical (unpaired) electrons. The molecule has 0 saturated carbocycles. The normalized spacial score (nSPS) is 21.2. The monoisotopic (exact) mass is 274 g/mol. The number of ether oxygens (including phenoxy) is 1. The SMILES string of the molecule is C[C@@H](O)[C@H](NC(=O)NCC1(C)CCOCC1)C(=O)O. The predicted octanol–water partition coefficient (Wildman–Crippen LogP) is -0.0637. The molecule has 1 saturated heterocycles. The van der Waals surface area contributed by atoms with Crippen molar-refractivity contribution in [2.45, 2.75) is 38.8 Å². The Bertz CT molecular complexity index is 326. The Morgan fingerprint density at radius 1 is 1.37 bits per heavy atom. The van der Waals surface area contributed by atoms with Gasteiger partial charge in [0.25, 0.3) is 0 Å². The number of aliphatic hydroxyl groups excluding tert-OH is 1. The Kier molecular flexibility index (Phi) is 5.56. The summed E-state index contributed by atoms with van der Waals surface area (Å²) in [6, 6.07) is -1.89. The molecule has 2 atom stereocenters. The average molecular weight is 274 g/mol. The number of carboxylic acid groups (broad SMARTS) is 1. The maximum Gasteiger partial charge on any atom is 0.328 e. The van der Waals surface area contributed by atoms with Crippen LogP contribution in [0.1, 0.15) is 26.7 Å². The molecule has 0 aromatic rings. The number of carbonyl (C=O) groups excluding carboxylic acids is 1. The molecule has 0 bridgehead atoms. The molecule has 19 heavy (non-hydrogen) atoms. The van der Waals surface area contributed by atoms with Gasteiger partial charge in [-0.2, -0.15) is 0 Å². The highest BCUT2D eigenvalue weighted by Crippen LogP contribution is 2.28. The number of aliphatic hydroxyl groups is 1. The molecule has 1 rings (SSSR count). The van der Waals surface area contributed by atoms with Gasteiger partial charge in [-0.3, -0.25) is 0 Å². The highest BCUT2D eigenvalue weighted by atomic mass is 16.5. The van der Waals surface area contributed by atoms with Gasteiger partial charge in [0.15, 0.2) is 6.04 Å². The lowest BCUT2D eigenvalue weighted by atomic mass is 9.82. The third-order valence-corrected chi connectivity index (χ3v) is 3.41. The molecule has 0 aliphatic carbocycles. The van der Waals surface area contributed by atoms with Crippen molar-refractivity contribution in [2.75, 3.05) is 19.8 Å². The molecule has 0 aromatic carbocycles. The largest absolute Gasteiger partial charge is 0.480 e. The van der Waals surface area contributed by atoms with E-state index in [1.807, 2.05) is 0 Å². The number of carbonyl (C=O) groups is 2. The quantitative estimate of drug-likeness (QED) is 0.561. The minimum absolute atomic E-state index is 0.0286. The van der Waals surface area contributed by atoms with E-state index in [0.29, 0.717) is 19.8 Å². The number of amides is 2. The summed E-state index contributed by atoms with van der Waals surface area (Å²) in [5.41, 5.74) is -0.0286. The lowest BCUT2D eigenvalue weighted by Crippen LogP contribution is -2.52. The zero-order valence-corrected chi connectivity index (χ0v) is 11.3. The van der Waals surface area contributed by atoms with Crippen molar-refractivity contribution in [1.29, 1.82) is 0 Å². The summed E-state index contributed by atoms with van der Waals surface area (Å²) in [7, 11) is 0. The highest BCUT2D eigenvalue weighted by Gasteiger charge is 2.29. The van der Waals surface area contributed by atoms with Crippen molar-refractivity contribution in [1.82, 2.24) is 10.6 Å². The number of urea groups is 1. The molecule has 7 heteroatoms. The smallest absolute Gasteiger partial charge is 0.328 e. The van der Waals surface area contributed by atoms with E-state index in [2.05, 4.69) is 17.6 Å². The zero-order valence-electron chi connectivity index (χ0n) is 11.3. The van der Waals surface area contributed by atoms with E-state index in [9.17, 15) is 14.7 Å². The van der Waals surface area contributed by atoms with Crippen molar-refractivity contribution in [3.05, 3.63) is 0 Å². The molecular weight excluding hydrogens is 252 g/mol. The van der Waals surface area contributed by atoms with Crippen molar-refractivity contribution in [3.8, 4) is 0 Å². The van der Waals surface area contributed by atoms with Crippen molar-refractivity contribution in [3.63, 3.8) is 0 Å². The fourth-order valence-corrected chi connectivity index (χ4v) is 1.92. The first kappa shape index (κ1) is 15.7. The van der Waals surface area contributed by atoms with Crippen molar-refractivity contribution < 1.29 is 24.5 Å². The van der Waals surface area contributed by atoms with Gasteiger partial charge in [0.2, 0.25) is 0 Å². The molecule has 110 valence electrons. The molecule has 4 N–H and O–H groups in total. The second kappa shape index (κ2) is 6.72. The minimum atomic E-state index is -1.30. The van der Waals surface area contributed by atoms with E-state index in [4.69, 9.17) is 9.84 Å². The predicted molar refractivity (Wildman–Crippen MR) is 67.8 cm³/mol. The lowest BCUT2D eigenvalue weighted by molar-refractivity contribution is -0.141. The third-order valence-electron chi connectivity index (χ3n) is 3.41. The van der Waals surface area contributed by atoms with E-state index < -0.39 is 24.1 Å². The van der Waals surface area contributed by atoms with Crippen molar-refractivity contribution in [2.24, 2.45) is 5.41 Å². The summed E-state index contributed by atoms with van der Waals surface area (Å²) < 4.78 is 5.26. The molecular formula is C12H22N2O5. The van der Waals surface area contributed by atoms with Gasteiger partial charge in [-0.05, 0) is 25.2 Å². The molecule has 2 amide bonds. The Morgan fingerprint density at radius 3 is 2.42 bits per heavy atom. The van der Waals surface area contributed by atoms with Crippen LogP contribution in [-0.4, -0.2) is 54.1 Å². The molecule has 1 heterocycles. The Labute approximate surface area is 112 Å². The number of nitrogens with one attached hydrogen (secondary N) is 2. The maximum atomic E-state index is 11.6. The van der Waals surface area contributed by atoms with Crippen LogP contribution < -0.4 is 10.6 Å². The van der Waals surface area contributed by atoms with Gasteiger partial charge in [0.05, 0.1) is 6.10 Å². The first-order valence-corrected chi connectivity index (χ1v) is 6.37. The Hall–Kier alpha value is -1.34. The first-order valence-electron chi connectivity index (χ1n) is 6.37. The lowest BCUT2D eigenvalue weighted by Gasteiger charge is -2.33. The molecule has 7 nitrogen and oxygen atoms in total. The second-order valence-corrected chi connectivity index (χ2v) is 5.31. The number of aliphatic carboxylic acids is 1. The highest BCUT2D eigenvalue weighted by molar-refractivity contribution is 5.82. The summed E-state index contributed by atoms with van der Waals surface area (Å²) in [5.74, 6) is -1.26. The van der Waals surface area contributed by atoms with Gasteiger partial charge in [0.1, 0.15) is 0 Å². The maximum absolute atomic E-state index is 11.6. The minimum Gasteiger partial charge on any atom is -0.480 e. The molecule has 0 unspecified atom stereocenters. The van der Waals surface area contributed by atoms with Crippen LogP contribution in [0.2, 0.25) is 0 Å². The van der Waals surface area contributed by atoms with Crippen LogP contribution in [0.25, 0.3) is 0 Å². The van der Waals surface area contributed by atoms with Crippen LogP contribution in [0, 0.1) is 5.41 Å². The molecule has 1 fully saturated rings. The van der Waals surface area contributed by atoms with Crippen LogP contribution in [0.4, 0.5) is 4.79 Å². The second-order valence-electron chi connectivity index (χ2n) is 5.31. The van der Waals surface area contributed by atoms with E-state index >= 15 is 0 Å². The van der Waals surface area contributed by atoms with E-state index in [-0.39, 0.29) is 5.41 Å². The Balaban J connectivity index is 2.40. The average Bonchev–Trinajstić information content (AvgIpc) is 2.34. The Morgan fingerprint density at radius 2 is 1.95 bits per heavy atom. The summed E-state index contributed by atoms with van der Waals surface area (Å²) in [6.07, 6.45) is 0.555. The van der Waals surface area contributed by atoms with Crippen LogP contribution in [0.5, 0.6) is 0 Å². The number of hydrogen-bond acceptors (Lipinski definition) is 4. The van der Waals surface area contributed by atoms with Crippen LogP contribution >= 0.6 is 0 Å². The van der Waals surface area contributed by atoms with Crippen LogP contribution in [-0.2, 0) is 9.53 Å². The third kappa shape index (κ3) is 5.04. The molecule has 1 aliphatic rings. The summed E-state index contributed by atoms with van der Waals surface area (Å²) in [4.78, 5) is 22.4. The number of rotatable bonds is 5. The van der Waals surface area contributed by atoms with Crippen LogP contribution in [0.3, 0.4) is 0 Å². The van der Waals surface area contributed by atoms with Gasteiger partial charge in [-0.1, -0.05) is 6.92 Å². The van der Waals surface area contributed by atoms with Gasteiger partial charge in [-0.15, -0.1) is 0 Å².